The predicted octanol–water partition coefficient (Wildman–Crippen LogP) is -0.915. The number of amides is 1. The van der Waals surface area contributed by atoms with Crippen LogP contribution in [0.2, 0.25) is 0 Å². The molecule has 1 heterocycles. The van der Waals surface area contributed by atoms with Crippen molar-refractivity contribution in [3.05, 3.63) is 33.1 Å². The number of nitrogens with one attached hydrogen (secondary N) is 2. The second-order valence-corrected chi connectivity index (χ2v) is 4.22. The molecule has 0 fully saturated rings. The predicted molar refractivity (Wildman–Crippen MR) is 79.4 cm³/mol. The standard InChI is InChI=1S/C12H20N4O3.ClH/c1-3-5-13-6-7-14-10(17)9-16-8-4-11(18)15(2)12(16)19;/h4,8,13H,3,5-7,9H2,1-2H3,(H,14,17);1H. The molecule has 2 N–H and O–H groups in total. The van der Waals surface area contributed by atoms with Crippen molar-refractivity contribution >= 4 is 18.3 Å². The third-order valence-electron chi connectivity index (χ3n) is 2.62. The molecule has 0 spiro atoms. The maximum atomic E-state index is 11.7. The molecule has 20 heavy (non-hydrogen) atoms. The first-order valence-corrected chi connectivity index (χ1v) is 6.30. The van der Waals surface area contributed by atoms with Gasteiger partial charge in [-0.1, -0.05) is 6.92 Å². The Hall–Kier alpha value is -1.60. The minimum Gasteiger partial charge on any atom is -0.353 e. The summed E-state index contributed by atoms with van der Waals surface area (Å²) >= 11 is 0. The summed E-state index contributed by atoms with van der Waals surface area (Å²) in [5.41, 5.74) is -0.878. The van der Waals surface area contributed by atoms with Crippen LogP contribution in [0.3, 0.4) is 0 Å². The van der Waals surface area contributed by atoms with Crippen LogP contribution in [0.25, 0.3) is 0 Å². The van der Waals surface area contributed by atoms with Crippen LogP contribution in [0.1, 0.15) is 13.3 Å². The molecule has 0 saturated heterocycles. The van der Waals surface area contributed by atoms with Crippen molar-refractivity contribution in [2.24, 2.45) is 7.05 Å². The molecule has 1 amide bonds. The summed E-state index contributed by atoms with van der Waals surface area (Å²) in [6.45, 7) is 4.11. The molecule has 114 valence electrons. The van der Waals surface area contributed by atoms with Gasteiger partial charge in [-0.15, -0.1) is 12.4 Å². The summed E-state index contributed by atoms with van der Waals surface area (Å²) in [6.07, 6.45) is 2.38. The number of halogens is 1. The highest BCUT2D eigenvalue weighted by atomic mass is 35.5. The highest BCUT2D eigenvalue weighted by molar-refractivity contribution is 5.85. The molecule has 0 aliphatic heterocycles. The highest BCUT2D eigenvalue weighted by Gasteiger charge is 2.05. The van der Waals surface area contributed by atoms with Crippen molar-refractivity contribution in [3.63, 3.8) is 0 Å². The third-order valence-corrected chi connectivity index (χ3v) is 2.62. The minimum absolute atomic E-state index is 0. The van der Waals surface area contributed by atoms with Gasteiger partial charge in [-0.2, -0.15) is 0 Å². The van der Waals surface area contributed by atoms with Gasteiger partial charge in [-0.05, 0) is 13.0 Å². The van der Waals surface area contributed by atoms with Crippen molar-refractivity contribution < 1.29 is 4.79 Å². The Morgan fingerprint density at radius 2 is 1.95 bits per heavy atom. The Balaban J connectivity index is 0.00000361. The summed E-state index contributed by atoms with van der Waals surface area (Å²) in [6, 6.07) is 1.26. The number of rotatable bonds is 7. The summed E-state index contributed by atoms with van der Waals surface area (Å²) < 4.78 is 2.17. The van der Waals surface area contributed by atoms with Crippen LogP contribution in [-0.2, 0) is 18.4 Å². The number of carbonyl (C=O) groups excluding carboxylic acids is 1. The van der Waals surface area contributed by atoms with Crippen molar-refractivity contribution in [1.29, 1.82) is 0 Å². The normalized spacial score (nSPS) is 9.90. The first-order valence-electron chi connectivity index (χ1n) is 6.30. The zero-order valence-electron chi connectivity index (χ0n) is 11.7. The summed E-state index contributed by atoms with van der Waals surface area (Å²) in [7, 11) is 1.38. The minimum atomic E-state index is -0.494. The van der Waals surface area contributed by atoms with E-state index in [2.05, 4.69) is 17.6 Å². The largest absolute Gasteiger partial charge is 0.353 e. The Kier molecular flexibility index (Phi) is 8.58. The van der Waals surface area contributed by atoms with Crippen LogP contribution >= 0.6 is 12.4 Å². The second-order valence-electron chi connectivity index (χ2n) is 4.22. The molecule has 1 aromatic heterocycles. The highest BCUT2D eigenvalue weighted by Crippen LogP contribution is 1.79. The monoisotopic (exact) mass is 304 g/mol. The number of hydrogen-bond donors (Lipinski definition) is 2. The van der Waals surface area contributed by atoms with E-state index in [1.807, 2.05) is 0 Å². The maximum Gasteiger partial charge on any atom is 0.331 e. The van der Waals surface area contributed by atoms with E-state index in [1.165, 1.54) is 23.9 Å². The van der Waals surface area contributed by atoms with Gasteiger partial charge in [0.15, 0.2) is 0 Å². The van der Waals surface area contributed by atoms with Crippen molar-refractivity contribution in [2.75, 3.05) is 19.6 Å². The van der Waals surface area contributed by atoms with Gasteiger partial charge in [0.25, 0.3) is 5.56 Å². The first kappa shape index (κ1) is 18.4. The molecule has 0 aliphatic carbocycles. The molecule has 1 aromatic rings. The second kappa shape index (κ2) is 9.33. The number of nitrogens with zero attached hydrogens (tertiary/aromatic N) is 2. The summed E-state index contributed by atoms with van der Waals surface area (Å²) in [5, 5.41) is 5.86. The van der Waals surface area contributed by atoms with Gasteiger partial charge in [0.05, 0.1) is 0 Å². The van der Waals surface area contributed by atoms with E-state index in [-0.39, 0.29) is 30.4 Å². The Labute approximate surface area is 123 Å². The SMILES string of the molecule is CCCNCCNC(=O)Cn1ccc(=O)n(C)c1=O.Cl. The lowest BCUT2D eigenvalue weighted by Gasteiger charge is -2.08. The topological polar surface area (TPSA) is 85.1 Å². The quantitative estimate of drug-likeness (QED) is 0.638. The molecule has 7 nitrogen and oxygen atoms in total. The van der Waals surface area contributed by atoms with E-state index < -0.39 is 5.69 Å². The zero-order valence-corrected chi connectivity index (χ0v) is 12.5. The van der Waals surface area contributed by atoms with Crippen molar-refractivity contribution in [3.8, 4) is 0 Å². The van der Waals surface area contributed by atoms with Gasteiger partial charge in [0, 0.05) is 32.4 Å². The van der Waals surface area contributed by atoms with Crippen LogP contribution in [0, 0.1) is 0 Å². The fraction of sp³-hybridized carbons (Fsp3) is 0.583. The van der Waals surface area contributed by atoms with Crippen LogP contribution in [0.4, 0.5) is 0 Å². The zero-order chi connectivity index (χ0) is 14.3. The van der Waals surface area contributed by atoms with Gasteiger partial charge >= 0.3 is 5.69 Å². The van der Waals surface area contributed by atoms with E-state index in [4.69, 9.17) is 0 Å². The maximum absolute atomic E-state index is 11.7. The van der Waals surface area contributed by atoms with Crippen molar-refractivity contribution in [2.45, 2.75) is 19.9 Å². The Morgan fingerprint density at radius 1 is 1.25 bits per heavy atom. The van der Waals surface area contributed by atoms with Gasteiger partial charge in [0.1, 0.15) is 6.54 Å². The molecule has 0 atom stereocenters. The molecular formula is C12H21ClN4O3. The molecule has 0 saturated carbocycles. The van der Waals surface area contributed by atoms with E-state index in [9.17, 15) is 14.4 Å². The van der Waals surface area contributed by atoms with Crippen LogP contribution in [0.5, 0.6) is 0 Å². The lowest BCUT2D eigenvalue weighted by Crippen LogP contribution is -2.41. The van der Waals surface area contributed by atoms with Gasteiger partial charge < -0.3 is 10.6 Å². The van der Waals surface area contributed by atoms with Gasteiger partial charge in [-0.3, -0.25) is 18.7 Å². The van der Waals surface area contributed by atoms with E-state index in [0.717, 1.165) is 17.5 Å². The number of carbonyl (C=O) groups is 1. The lowest BCUT2D eigenvalue weighted by atomic mass is 10.4. The summed E-state index contributed by atoms with van der Waals surface area (Å²) in [5.74, 6) is -0.251. The number of hydrogen-bond acceptors (Lipinski definition) is 4. The fourth-order valence-electron chi connectivity index (χ4n) is 1.54. The van der Waals surface area contributed by atoms with Gasteiger partial charge in [-0.25, -0.2) is 4.79 Å². The van der Waals surface area contributed by atoms with Crippen molar-refractivity contribution in [1.82, 2.24) is 19.8 Å². The molecular weight excluding hydrogens is 284 g/mol. The molecule has 0 unspecified atom stereocenters. The van der Waals surface area contributed by atoms with Crippen LogP contribution in [0.15, 0.2) is 21.9 Å². The Bertz CT molecular complexity index is 538. The Morgan fingerprint density at radius 3 is 2.60 bits per heavy atom. The van der Waals surface area contributed by atoms with Crippen LogP contribution < -0.4 is 21.9 Å². The molecule has 0 aliphatic rings. The average molecular weight is 305 g/mol. The first-order chi connectivity index (χ1) is 9.06. The van der Waals surface area contributed by atoms with Gasteiger partial charge in [0.2, 0.25) is 5.91 Å². The molecule has 0 bridgehead atoms. The summed E-state index contributed by atoms with van der Waals surface area (Å²) in [4.78, 5) is 34.5. The van der Waals surface area contributed by atoms with E-state index in [0.29, 0.717) is 13.1 Å². The van der Waals surface area contributed by atoms with E-state index in [1.54, 1.807) is 0 Å². The lowest BCUT2D eigenvalue weighted by molar-refractivity contribution is -0.121. The van der Waals surface area contributed by atoms with Crippen LogP contribution in [-0.4, -0.2) is 34.7 Å². The molecule has 8 heteroatoms. The average Bonchev–Trinajstić information content (AvgIpc) is 2.39. The molecule has 0 radical (unpaired) electrons. The smallest absolute Gasteiger partial charge is 0.331 e. The van der Waals surface area contributed by atoms with E-state index >= 15 is 0 Å². The molecule has 1 rings (SSSR count). The number of aromatic nitrogens is 2. The fourth-order valence-corrected chi connectivity index (χ4v) is 1.54. The molecule has 0 aromatic carbocycles. The third kappa shape index (κ3) is 5.58.